The molecule has 11 heavy (non-hydrogen) atoms. The number of halogens is 2. The summed E-state index contributed by atoms with van der Waals surface area (Å²) in [5, 5.41) is 0. The summed E-state index contributed by atoms with van der Waals surface area (Å²) in [6.07, 6.45) is 0. The standard InChI is InChI=1S/C7H8O.2ClH.Ti/c1-6-4-2-3-5-7(6)8;;;/h2-5,8H,1H3;2*1H;/q;;;+3/p-3. The zero-order chi connectivity index (χ0) is 6.69. The van der Waals surface area contributed by atoms with Gasteiger partial charge in [-0.2, -0.15) is 0 Å². The molecule has 1 nitrogen and oxygen atoms in total. The Morgan fingerprint density at radius 2 is 1.73 bits per heavy atom. The van der Waals surface area contributed by atoms with E-state index in [4.69, 9.17) is 3.32 Å². The van der Waals surface area contributed by atoms with E-state index < -0.39 is 0 Å². The van der Waals surface area contributed by atoms with Crippen LogP contribution in [0.4, 0.5) is 0 Å². The van der Waals surface area contributed by atoms with Gasteiger partial charge in [-0.15, -0.1) is 0 Å². The average Bonchev–Trinajstić information content (AvgIpc) is 1.89. The minimum absolute atomic E-state index is 0. The number of benzene rings is 1. The van der Waals surface area contributed by atoms with Crippen LogP contribution in [0.5, 0.6) is 5.75 Å². The maximum absolute atomic E-state index is 5.04. The largest absolute Gasteiger partial charge is 1.00 e. The van der Waals surface area contributed by atoms with Crippen molar-refractivity contribution in [2.24, 2.45) is 0 Å². The number of rotatable bonds is 1. The number of aryl methyl sites for hydroxylation is 1. The first kappa shape index (κ1) is 13.9. The Hall–Kier alpha value is 0.314. The van der Waals surface area contributed by atoms with Crippen LogP contribution >= 0.6 is 0 Å². The van der Waals surface area contributed by atoms with Crippen molar-refractivity contribution in [2.45, 2.75) is 6.92 Å². The zero-order valence-corrected chi connectivity index (χ0v) is 9.05. The van der Waals surface area contributed by atoms with Crippen LogP contribution in [-0.4, -0.2) is 0 Å². The number of hydrogen-bond donors (Lipinski definition) is 0. The van der Waals surface area contributed by atoms with Gasteiger partial charge in [-0.3, -0.25) is 0 Å². The van der Waals surface area contributed by atoms with Gasteiger partial charge in [0.15, 0.2) is 0 Å². The van der Waals surface area contributed by atoms with Crippen molar-refractivity contribution >= 4 is 0 Å². The summed E-state index contributed by atoms with van der Waals surface area (Å²) in [7, 11) is 0. The smallest absolute Gasteiger partial charge is 1.00 e. The maximum Gasteiger partial charge on any atom is -1.00 e. The molecule has 0 atom stereocenters. The molecule has 0 N–H and O–H groups in total. The topological polar surface area (TPSA) is 9.23 Å². The van der Waals surface area contributed by atoms with Crippen molar-refractivity contribution in [1.82, 2.24) is 0 Å². The van der Waals surface area contributed by atoms with E-state index in [1.807, 2.05) is 31.2 Å². The third-order valence-electron chi connectivity index (χ3n) is 1.20. The van der Waals surface area contributed by atoms with E-state index >= 15 is 0 Å². The monoisotopic (exact) mass is 225 g/mol. The van der Waals surface area contributed by atoms with Crippen molar-refractivity contribution in [3.05, 3.63) is 29.8 Å². The molecule has 0 saturated carbocycles. The van der Waals surface area contributed by atoms with Crippen molar-refractivity contribution < 1.29 is 49.0 Å². The van der Waals surface area contributed by atoms with Gasteiger partial charge in [-0.25, -0.2) is 0 Å². The number of para-hydroxylation sites is 1. The van der Waals surface area contributed by atoms with Crippen LogP contribution in [0.3, 0.4) is 0 Å². The van der Waals surface area contributed by atoms with Crippen molar-refractivity contribution in [1.29, 1.82) is 0 Å². The fourth-order valence-electron chi connectivity index (χ4n) is 0.671. The van der Waals surface area contributed by atoms with E-state index in [1.165, 1.54) is 5.56 Å². The molecule has 0 aliphatic heterocycles. The van der Waals surface area contributed by atoms with Gasteiger partial charge >= 0.3 is 66.6 Å². The van der Waals surface area contributed by atoms with Gasteiger partial charge < -0.3 is 24.8 Å². The fourth-order valence-corrected chi connectivity index (χ4v) is 1.03. The van der Waals surface area contributed by atoms with Gasteiger partial charge in [0.25, 0.3) is 0 Å². The molecule has 0 bridgehead atoms. The summed E-state index contributed by atoms with van der Waals surface area (Å²) in [6, 6.07) is 7.94. The minimum Gasteiger partial charge on any atom is -1.00 e. The second-order valence-electron chi connectivity index (χ2n) is 1.87. The summed E-state index contributed by atoms with van der Waals surface area (Å²) in [6.45, 7) is 2.03. The Kier molecular flexibility index (Phi) is 8.82. The molecule has 1 aromatic carbocycles. The molecule has 0 heterocycles. The second-order valence-corrected chi connectivity index (χ2v) is 2.19. The molecule has 0 saturated heterocycles. The van der Waals surface area contributed by atoms with Crippen LogP contribution in [0, 0.1) is 6.92 Å². The first-order valence-electron chi connectivity index (χ1n) is 2.74. The minimum atomic E-state index is 0. The molecule has 0 fully saturated rings. The Labute approximate surface area is 91.2 Å². The van der Waals surface area contributed by atoms with Crippen LogP contribution in [0.25, 0.3) is 0 Å². The molecular formula is C7H7Cl2OTi. The van der Waals surface area contributed by atoms with Gasteiger partial charge in [0.05, 0.1) is 0 Å². The predicted molar refractivity (Wildman–Crippen MR) is 31.8 cm³/mol. The first-order chi connectivity index (χ1) is 4.34. The second kappa shape index (κ2) is 6.99. The summed E-state index contributed by atoms with van der Waals surface area (Å²) < 4.78 is 5.04. The molecule has 4 heteroatoms. The van der Waals surface area contributed by atoms with Crippen molar-refractivity contribution in [2.75, 3.05) is 0 Å². The van der Waals surface area contributed by atoms with Gasteiger partial charge in [-0.1, -0.05) is 0 Å². The van der Waals surface area contributed by atoms with Crippen LogP contribution in [0.1, 0.15) is 5.56 Å². The van der Waals surface area contributed by atoms with Crippen molar-refractivity contribution in [3.8, 4) is 5.75 Å². The molecule has 0 radical (unpaired) electrons. The summed E-state index contributed by atoms with van der Waals surface area (Å²) >= 11 is 1.68. The van der Waals surface area contributed by atoms with Crippen LogP contribution in [-0.2, 0) is 20.8 Å². The third-order valence-corrected chi connectivity index (χ3v) is 1.55. The molecule has 1 rings (SSSR count). The average molecular weight is 226 g/mol. The molecule has 0 aliphatic carbocycles. The Balaban J connectivity index is 0. The predicted octanol–water partition coefficient (Wildman–Crippen LogP) is -4.16. The van der Waals surface area contributed by atoms with Gasteiger partial charge in [0.2, 0.25) is 0 Å². The van der Waals surface area contributed by atoms with E-state index in [0.717, 1.165) is 5.75 Å². The SMILES string of the molecule is Cc1ccccc1[O][Ti+2].[Cl-].[Cl-]. The maximum atomic E-state index is 5.04. The van der Waals surface area contributed by atoms with Gasteiger partial charge in [0.1, 0.15) is 0 Å². The Morgan fingerprint density at radius 3 is 2.09 bits per heavy atom. The molecule has 0 aliphatic rings. The van der Waals surface area contributed by atoms with E-state index in [2.05, 4.69) is 0 Å². The molecule has 1 aromatic rings. The van der Waals surface area contributed by atoms with Crippen LogP contribution in [0.15, 0.2) is 24.3 Å². The summed E-state index contributed by atoms with van der Waals surface area (Å²) in [4.78, 5) is 0. The summed E-state index contributed by atoms with van der Waals surface area (Å²) in [5.41, 5.74) is 1.18. The zero-order valence-electron chi connectivity index (χ0n) is 5.97. The Bertz CT molecular complexity index is 205. The summed E-state index contributed by atoms with van der Waals surface area (Å²) in [5.74, 6) is 0.956. The van der Waals surface area contributed by atoms with Gasteiger partial charge in [-0.05, 0) is 0 Å². The molecule has 0 aromatic heterocycles. The molecular weight excluding hydrogens is 219 g/mol. The molecule has 0 unspecified atom stereocenters. The van der Waals surface area contributed by atoms with E-state index in [-0.39, 0.29) is 24.8 Å². The fraction of sp³-hybridized carbons (Fsp3) is 0.143. The molecule has 0 spiro atoms. The van der Waals surface area contributed by atoms with E-state index in [1.54, 1.807) is 20.8 Å². The Morgan fingerprint density at radius 1 is 1.18 bits per heavy atom. The normalized spacial score (nSPS) is 7.55. The third kappa shape index (κ3) is 4.02. The van der Waals surface area contributed by atoms with Gasteiger partial charge in [0, 0.05) is 0 Å². The van der Waals surface area contributed by atoms with Crippen LogP contribution in [0.2, 0.25) is 0 Å². The van der Waals surface area contributed by atoms with Crippen molar-refractivity contribution in [3.63, 3.8) is 0 Å². The quantitative estimate of drug-likeness (QED) is 0.441. The van der Waals surface area contributed by atoms with E-state index in [0.29, 0.717) is 0 Å². The van der Waals surface area contributed by atoms with Crippen LogP contribution < -0.4 is 28.1 Å². The number of hydrogen-bond acceptors (Lipinski definition) is 1. The molecule has 0 amide bonds. The molecule has 59 valence electrons. The first-order valence-corrected chi connectivity index (χ1v) is 3.37. The van der Waals surface area contributed by atoms with E-state index in [9.17, 15) is 0 Å².